The van der Waals surface area contributed by atoms with Crippen LogP contribution in [0.1, 0.15) is 5.69 Å². The van der Waals surface area contributed by atoms with Crippen LogP contribution in [-0.4, -0.2) is 30.2 Å². The largest absolute Gasteiger partial charge is 0.474 e. The molecular weight excluding hydrogens is 173 g/mol. The third kappa shape index (κ3) is 2.62. The van der Waals surface area contributed by atoms with Gasteiger partial charge in [-0.05, 0) is 14.0 Å². The van der Waals surface area contributed by atoms with Gasteiger partial charge >= 0.3 is 0 Å². The van der Waals surface area contributed by atoms with E-state index in [2.05, 4.69) is 15.3 Å². The molecular formula is C8H12FN3O. The summed E-state index contributed by atoms with van der Waals surface area (Å²) in [6.07, 6.45) is 1.28. The molecule has 5 heteroatoms. The van der Waals surface area contributed by atoms with E-state index in [-0.39, 0.29) is 5.88 Å². The lowest BCUT2D eigenvalue weighted by molar-refractivity contribution is 0.287. The SMILES string of the molecule is CNCCOc1ncnc(C)c1F. The maximum absolute atomic E-state index is 13.2. The van der Waals surface area contributed by atoms with E-state index in [1.165, 1.54) is 6.33 Å². The predicted molar refractivity (Wildman–Crippen MR) is 46.1 cm³/mol. The summed E-state index contributed by atoms with van der Waals surface area (Å²) >= 11 is 0. The fourth-order valence-corrected chi connectivity index (χ4v) is 0.786. The van der Waals surface area contributed by atoms with Gasteiger partial charge in [-0.25, -0.2) is 4.98 Å². The van der Waals surface area contributed by atoms with Crippen molar-refractivity contribution in [1.82, 2.24) is 15.3 Å². The minimum absolute atomic E-state index is 0.0164. The molecule has 0 saturated heterocycles. The molecule has 0 atom stereocenters. The first-order chi connectivity index (χ1) is 6.25. The van der Waals surface area contributed by atoms with Gasteiger partial charge in [0, 0.05) is 6.54 Å². The van der Waals surface area contributed by atoms with Gasteiger partial charge in [-0.1, -0.05) is 0 Å². The van der Waals surface area contributed by atoms with Crippen LogP contribution in [0.4, 0.5) is 4.39 Å². The summed E-state index contributed by atoms with van der Waals surface area (Å²) in [5.41, 5.74) is 0.300. The molecule has 0 aromatic carbocycles. The van der Waals surface area contributed by atoms with Gasteiger partial charge < -0.3 is 10.1 Å². The zero-order chi connectivity index (χ0) is 9.68. The van der Waals surface area contributed by atoms with E-state index in [0.29, 0.717) is 18.8 Å². The molecule has 0 radical (unpaired) electrons. The fraction of sp³-hybridized carbons (Fsp3) is 0.500. The second-order valence-electron chi connectivity index (χ2n) is 2.53. The predicted octanol–water partition coefficient (Wildman–Crippen LogP) is 0.522. The summed E-state index contributed by atoms with van der Waals surface area (Å²) < 4.78 is 18.2. The lowest BCUT2D eigenvalue weighted by Crippen LogP contribution is -2.17. The van der Waals surface area contributed by atoms with E-state index >= 15 is 0 Å². The summed E-state index contributed by atoms with van der Waals surface area (Å²) in [5.74, 6) is -0.471. The molecule has 0 aliphatic rings. The van der Waals surface area contributed by atoms with Crippen molar-refractivity contribution < 1.29 is 9.13 Å². The molecule has 0 spiro atoms. The Kier molecular flexibility index (Phi) is 3.57. The first-order valence-corrected chi connectivity index (χ1v) is 4.00. The first-order valence-electron chi connectivity index (χ1n) is 4.00. The normalized spacial score (nSPS) is 10.1. The van der Waals surface area contributed by atoms with Crippen LogP contribution in [0.2, 0.25) is 0 Å². The van der Waals surface area contributed by atoms with Crippen LogP contribution in [0, 0.1) is 12.7 Å². The van der Waals surface area contributed by atoms with Crippen molar-refractivity contribution in [2.75, 3.05) is 20.2 Å². The summed E-state index contributed by atoms with van der Waals surface area (Å²) in [4.78, 5) is 7.36. The van der Waals surface area contributed by atoms with Crippen molar-refractivity contribution in [3.8, 4) is 5.88 Å². The van der Waals surface area contributed by atoms with Crippen LogP contribution in [0.3, 0.4) is 0 Å². The molecule has 0 bridgehead atoms. The highest BCUT2D eigenvalue weighted by Crippen LogP contribution is 2.13. The molecule has 1 heterocycles. The first kappa shape index (κ1) is 9.85. The van der Waals surface area contributed by atoms with Gasteiger partial charge in [0.2, 0.25) is 5.82 Å². The van der Waals surface area contributed by atoms with E-state index in [1.807, 2.05) is 0 Å². The van der Waals surface area contributed by atoms with Gasteiger partial charge in [0.05, 0.1) is 5.69 Å². The van der Waals surface area contributed by atoms with Crippen molar-refractivity contribution in [2.45, 2.75) is 6.92 Å². The Morgan fingerprint density at radius 2 is 2.31 bits per heavy atom. The Hall–Kier alpha value is -1.23. The van der Waals surface area contributed by atoms with Gasteiger partial charge in [-0.2, -0.15) is 9.37 Å². The van der Waals surface area contributed by atoms with E-state index < -0.39 is 5.82 Å². The number of nitrogens with one attached hydrogen (secondary N) is 1. The molecule has 0 fully saturated rings. The van der Waals surface area contributed by atoms with Gasteiger partial charge in [-0.15, -0.1) is 0 Å². The summed E-state index contributed by atoms with van der Waals surface area (Å²) in [6, 6.07) is 0. The van der Waals surface area contributed by atoms with Crippen LogP contribution in [0.15, 0.2) is 6.33 Å². The summed E-state index contributed by atoms with van der Waals surface area (Å²) in [7, 11) is 1.80. The number of rotatable bonds is 4. The smallest absolute Gasteiger partial charge is 0.253 e. The third-order valence-corrected chi connectivity index (χ3v) is 1.52. The number of likely N-dealkylation sites (N-methyl/N-ethyl adjacent to an activating group) is 1. The molecule has 1 aromatic heterocycles. The minimum atomic E-state index is -0.487. The topological polar surface area (TPSA) is 47.0 Å². The van der Waals surface area contributed by atoms with E-state index in [9.17, 15) is 4.39 Å². The highest BCUT2D eigenvalue weighted by atomic mass is 19.1. The molecule has 0 amide bonds. The molecule has 1 rings (SSSR count). The maximum atomic E-state index is 13.2. The van der Waals surface area contributed by atoms with Gasteiger partial charge in [0.15, 0.2) is 0 Å². The number of halogens is 1. The van der Waals surface area contributed by atoms with Crippen molar-refractivity contribution in [3.05, 3.63) is 17.8 Å². The second kappa shape index (κ2) is 4.71. The lowest BCUT2D eigenvalue weighted by Gasteiger charge is -2.05. The summed E-state index contributed by atoms with van der Waals surface area (Å²) in [5, 5.41) is 2.88. The van der Waals surface area contributed by atoms with Crippen molar-refractivity contribution >= 4 is 0 Å². The van der Waals surface area contributed by atoms with Crippen LogP contribution in [-0.2, 0) is 0 Å². The molecule has 4 nitrogen and oxygen atoms in total. The van der Waals surface area contributed by atoms with Crippen LogP contribution in [0.5, 0.6) is 5.88 Å². The number of aryl methyl sites for hydroxylation is 1. The van der Waals surface area contributed by atoms with Crippen molar-refractivity contribution in [2.24, 2.45) is 0 Å². The van der Waals surface area contributed by atoms with Gasteiger partial charge in [0.25, 0.3) is 5.88 Å². The Morgan fingerprint density at radius 1 is 1.54 bits per heavy atom. The Morgan fingerprint density at radius 3 is 3.00 bits per heavy atom. The highest BCUT2D eigenvalue weighted by molar-refractivity contribution is 5.15. The molecule has 0 unspecified atom stereocenters. The number of nitrogens with zero attached hydrogens (tertiary/aromatic N) is 2. The highest BCUT2D eigenvalue weighted by Gasteiger charge is 2.07. The maximum Gasteiger partial charge on any atom is 0.253 e. The fourth-order valence-electron chi connectivity index (χ4n) is 0.786. The van der Waals surface area contributed by atoms with Gasteiger partial charge in [0.1, 0.15) is 12.9 Å². The van der Waals surface area contributed by atoms with Crippen LogP contribution in [0.25, 0.3) is 0 Å². The monoisotopic (exact) mass is 185 g/mol. The number of hydrogen-bond donors (Lipinski definition) is 1. The Labute approximate surface area is 76.2 Å². The lowest BCUT2D eigenvalue weighted by atomic mass is 10.4. The van der Waals surface area contributed by atoms with Gasteiger partial charge in [-0.3, -0.25) is 0 Å². The number of aromatic nitrogens is 2. The average molecular weight is 185 g/mol. The van der Waals surface area contributed by atoms with E-state index in [0.717, 1.165) is 0 Å². The standard InChI is InChI=1S/C8H12FN3O/c1-6-7(9)8(12-5-11-6)13-4-3-10-2/h5,10H,3-4H2,1-2H3. The molecule has 72 valence electrons. The molecule has 0 saturated carbocycles. The van der Waals surface area contributed by atoms with E-state index in [1.54, 1.807) is 14.0 Å². The molecule has 1 N–H and O–H groups in total. The van der Waals surface area contributed by atoms with Crippen LogP contribution >= 0.6 is 0 Å². The van der Waals surface area contributed by atoms with Crippen LogP contribution < -0.4 is 10.1 Å². The Balaban J connectivity index is 2.61. The molecule has 0 aliphatic heterocycles. The second-order valence-corrected chi connectivity index (χ2v) is 2.53. The minimum Gasteiger partial charge on any atom is -0.474 e. The number of hydrogen-bond acceptors (Lipinski definition) is 4. The average Bonchev–Trinajstić information content (AvgIpc) is 2.13. The quantitative estimate of drug-likeness (QED) is 0.695. The Bertz CT molecular complexity index is 280. The van der Waals surface area contributed by atoms with Crippen molar-refractivity contribution in [1.29, 1.82) is 0 Å². The molecule has 1 aromatic rings. The third-order valence-electron chi connectivity index (χ3n) is 1.52. The molecule has 0 aliphatic carbocycles. The van der Waals surface area contributed by atoms with E-state index in [4.69, 9.17) is 4.74 Å². The summed E-state index contributed by atoms with van der Waals surface area (Å²) in [6.45, 7) is 2.62. The number of ether oxygens (including phenoxy) is 1. The molecule has 13 heavy (non-hydrogen) atoms. The van der Waals surface area contributed by atoms with Crippen molar-refractivity contribution in [3.63, 3.8) is 0 Å². The zero-order valence-corrected chi connectivity index (χ0v) is 7.67. The zero-order valence-electron chi connectivity index (χ0n) is 7.67.